The Bertz CT molecular complexity index is 623. The molecule has 1 fully saturated rings. The predicted molar refractivity (Wildman–Crippen MR) is 94.5 cm³/mol. The van der Waals surface area contributed by atoms with E-state index in [9.17, 15) is 4.79 Å². The fourth-order valence-corrected chi connectivity index (χ4v) is 2.55. The molecular formula is C16H21Cl2N3O2. The number of aryl methyl sites for hydroxylation is 1. The second kappa shape index (κ2) is 8.91. The maximum absolute atomic E-state index is 12.3. The number of nitrogens with one attached hydrogen (secondary N) is 2. The van der Waals surface area contributed by atoms with Gasteiger partial charge in [-0.05, 0) is 26.3 Å². The monoisotopic (exact) mass is 357 g/mol. The summed E-state index contributed by atoms with van der Waals surface area (Å²) in [7, 11) is 0. The van der Waals surface area contributed by atoms with E-state index in [-0.39, 0.29) is 30.7 Å². The van der Waals surface area contributed by atoms with Gasteiger partial charge in [-0.2, -0.15) is 0 Å². The number of benzene rings is 1. The number of aromatic nitrogens is 1. The summed E-state index contributed by atoms with van der Waals surface area (Å²) in [4.78, 5) is 16.3. The Morgan fingerprint density at radius 2 is 2.09 bits per heavy atom. The molecule has 0 saturated carbocycles. The van der Waals surface area contributed by atoms with Gasteiger partial charge in [-0.15, -0.1) is 24.8 Å². The SMILES string of the molecule is Cc1ccc(-c2ocnc2C(=O)NCC2CCCN2)cc1.Cl.Cl. The lowest BCUT2D eigenvalue weighted by molar-refractivity contribution is 0.0946. The van der Waals surface area contributed by atoms with Crippen LogP contribution in [0.3, 0.4) is 0 Å². The Labute approximate surface area is 148 Å². The number of halogens is 2. The Morgan fingerprint density at radius 3 is 2.74 bits per heavy atom. The number of rotatable bonds is 4. The summed E-state index contributed by atoms with van der Waals surface area (Å²) in [6.07, 6.45) is 3.58. The van der Waals surface area contributed by atoms with Gasteiger partial charge in [0.15, 0.2) is 17.8 Å². The number of oxazole rings is 1. The molecule has 2 heterocycles. The third kappa shape index (κ3) is 4.70. The fraction of sp³-hybridized carbons (Fsp3) is 0.375. The van der Waals surface area contributed by atoms with Crippen LogP contribution in [0.4, 0.5) is 0 Å². The third-order valence-corrected chi connectivity index (χ3v) is 3.77. The largest absolute Gasteiger partial charge is 0.443 e. The van der Waals surface area contributed by atoms with E-state index < -0.39 is 0 Å². The van der Waals surface area contributed by atoms with E-state index in [4.69, 9.17) is 4.42 Å². The lowest BCUT2D eigenvalue weighted by Gasteiger charge is -2.10. The minimum atomic E-state index is -0.187. The van der Waals surface area contributed by atoms with Crippen molar-refractivity contribution in [2.45, 2.75) is 25.8 Å². The van der Waals surface area contributed by atoms with Crippen molar-refractivity contribution in [1.29, 1.82) is 0 Å². The molecule has 2 aromatic rings. The van der Waals surface area contributed by atoms with E-state index in [1.807, 2.05) is 31.2 Å². The standard InChI is InChI=1S/C16H19N3O2.2ClH/c1-11-4-6-12(7-5-11)15-14(19-10-21-15)16(20)18-9-13-3-2-8-17-13;;/h4-7,10,13,17H,2-3,8-9H2,1H3,(H,18,20);2*1H. The van der Waals surface area contributed by atoms with Gasteiger partial charge in [0.2, 0.25) is 0 Å². The molecule has 5 nitrogen and oxygen atoms in total. The molecule has 0 bridgehead atoms. The van der Waals surface area contributed by atoms with Gasteiger partial charge in [-0.1, -0.05) is 29.8 Å². The molecule has 2 N–H and O–H groups in total. The molecule has 126 valence electrons. The summed E-state index contributed by atoms with van der Waals surface area (Å²) in [5.41, 5.74) is 2.37. The van der Waals surface area contributed by atoms with Crippen LogP contribution in [-0.2, 0) is 0 Å². The van der Waals surface area contributed by atoms with Crippen molar-refractivity contribution in [1.82, 2.24) is 15.6 Å². The van der Waals surface area contributed by atoms with Crippen molar-refractivity contribution < 1.29 is 9.21 Å². The van der Waals surface area contributed by atoms with Gasteiger partial charge in [-0.3, -0.25) is 4.79 Å². The minimum absolute atomic E-state index is 0. The van der Waals surface area contributed by atoms with Crippen molar-refractivity contribution in [3.05, 3.63) is 41.9 Å². The maximum atomic E-state index is 12.3. The first-order valence-corrected chi connectivity index (χ1v) is 7.26. The summed E-state index contributed by atoms with van der Waals surface area (Å²) in [5, 5.41) is 6.28. The molecule has 1 unspecified atom stereocenters. The Kier molecular flexibility index (Phi) is 7.55. The van der Waals surface area contributed by atoms with Gasteiger partial charge in [-0.25, -0.2) is 4.98 Å². The average molecular weight is 358 g/mol. The zero-order valence-corrected chi connectivity index (χ0v) is 14.5. The van der Waals surface area contributed by atoms with Crippen molar-refractivity contribution in [3.8, 4) is 11.3 Å². The molecule has 1 atom stereocenters. The Balaban J connectivity index is 0.00000132. The molecule has 1 amide bonds. The molecule has 1 aromatic carbocycles. The number of hydrogen-bond acceptors (Lipinski definition) is 4. The molecular weight excluding hydrogens is 337 g/mol. The average Bonchev–Trinajstić information content (AvgIpc) is 3.17. The summed E-state index contributed by atoms with van der Waals surface area (Å²) < 4.78 is 5.40. The van der Waals surface area contributed by atoms with E-state index in [2.05, 4.69) is 15.6 Å². The van der Waals surface area contributed by atoms with Crippen LogP contribution in [0.2, 0.25) is 0 Å². The molecule has 23 heavy (non-hydrogen) atoms. The van der Waals surface area contributed by atoms with Crippen LogP contribution in [0.5, 0.6) is 0 Å². The summed E-state index contributed by atoms with van der Waals surface area (Å²) in [5.74, 6) is 0.333. The number of hydrogen-bond donors (Lipinski definition) is 2. The number of carbonyl (C=O) groups is 1. The lowest BCUT2D eigenvalue weighted by atomic mass is 10.1. The predicted octanol–water partition coefficient (Wildman–Crippen LogP) is 2.98. The molecule has 0 spiro atoms. The van der Waals surface area contributed by atoms with Crippen LogP contribution in [0, 0.1) is 6.92 Å². The molecule has 1 aliphatic heterocycles. The van der Waals surface area contributed by atoms with Crippen LogP contribution < -0.4 is 10.6 Å². The van der Waals surface area contributed by atoms with Crippen LogP contribution in [0.15, 0.2) is 35.1 Å². The highest BCUT2D eigenvalue weighted by Gasteiger charge is 2.20. The van der Waals surface area contributed by atoms with Crippen molar-refractivity contribution in [2.24, 2.45) is 0 Å². The number of nitrogens with zero attached hydrogens (tertiary/aromatic N) is 1. The van der Waals surface area contributed by atoms with E-state index in [1.165, 1.54) is 12.8 Å². The zero-order valence-electron chi connectivity index (χ0n) is 12.9. The van der Waals surface area contributed by atoms with Crippen LogP contribution in [-0.4, -0.2) is 30.0 Å². The zero-order chi connectivity index (χ0) is 14.7. The van der Waals surface area contributed by atoms with Crippen molar-refractivity contribution in [3.63, 3.8) is 0 Å². The van der Waals surface area contributed by atoms with Gasteiger partial charge < -0.3 is 15.1 Å². The van der Waals surface area contributed by atoms with Crippen LogP contribution in [0.25, 0.3) is 11.3 Å². The van der Waals surface area contributed by atoms with E-state index >= 15 is 0 Å². The highest BCUT2D eigenvalue weighted by Crippen LogP contribution is 2.23. The normalized spacial score (nSPS) is 16.3. The highest BCUT2D eigenvalue weighted by molar-refractivity contribution is 5.97. The van der Waals surface area contributed by atoms with Gasteiger partial charge in [0.25, 0.3) is 5.91 Å². The summed E-state index contributed by atoms with van der Waals surface area (Å²) in [6, 6.07) is 8.21. The molecule has 7 heteroatoms. The van der Waals surface area contributed by atoms with Crippen molar-refractivity contribution in [2.75, 3.05) is 13.1 Å². The fourth-order valence-electron chi connectivity index (χ4n) is 2.55. The molecule has 0 aliphatic carbocycles. The smallest absolute Gasteiger partial charge is 0.273 e. The second-order valence-corrected chi connectivity index (χ2v) is 5.40. The highest BCUT2D eigenvalue weighted by atomic mass is 35.5. The summed E-state index contributed by atoms with van der Waals surface area (Å²) in [6.45, 7) is 3.67. The Morgan fingerprint density at radius 1 is 1.35 bits per heavy atom. The summed E-state index contributed by atoms with van der Waals surface area (Å²) >= 11 is 0. The second-order valence-electron chi connectivity index (χ2n) is 5.40. The van der Waals surface area contributed by atoms with E-state index in [0.29, 0.717) is 24.0 Å². The topological polar surface area (TPSA) is 67.2 Å². The molecule has 1 aliphatic rings. The number of carbonyl (C=O) groups excluding carboxylic acids is 1. The van der Waals surface area contributed by atoms with Crippen molar-refractivity contribution >= 4 is 30.7 Å². The van der Waals surface area contributed by atoms with Gasteiger partial charge in [0, 0.05) is 18.2 Å². The Hall–Kier alpha value is -1.56. The van der Waals surface area contributed by atoms with Gasteiger partial charge in [0.1, 0.15) is 0 Å². The third-order valence-electron chi connectivity index (χ3n) is 3.77. The van der Waals surface area contributed by atoms with E-state index in [1.54, 1.807) is 0 Å². The van der Waals surface area contributed by atoms with Gasteiger partial charge in [0.05, 0.1) is 0 Å². The molecule has 0 radical (unpaired) electrons. The molecule has 3 rings (SSSR count). The quantitative estimate of drug-likeness (QED) is 0.882. The first kappa shape index (κ1) is 19.5. The van der Waals surface area contributed by atoms with Crippen LogP contribution in [0.1, 0.15) is 28.9 Å². The van der Waals surface area contributed by atoms with Gasteiger partial charge >= 0.3 is 0 Å². The lowest BCUT2D eigenvalue weighted by Crippen LogP contribution is -2.37. The van der Waals surface area contributed by atoms with E-state index in [0.717, 1.165) is 24.1 Å². The maximum Gasteiger partial charge on any atom is 0.273 e. The van der Waals surface area contributed by atoms with Crippen LogP contribution >= 0.6 is 24.8 Å². The first-order valence-electron chi connectivity index (χ1n) is 7.26. The molecule has 1 saturated heterocycles. The number of amides is 1. The molecule has 1 aromatic heterocycles. The first-order chi connectivity index (χ1) is 10.2. The minimum Gasteiger partial charge on any atom is -0.443 e.